The fourth-order valence-electron chi connectivity index (χ4n) is 8.44. The molecular weight excluding hydrogens is 713 g/mol. The lowest BCUT2D eigenvalue weighted by Gasteiger charge is -2.30. The van der Waals surface area contributed by atoms with Gasteiger partial charge in [-0.2, -0.15) is 0 Å². The van der Waals surface area contributed by atoms with E-state index in [-0.39, 0.29) is 17.7 Å². The molecular formula is C49H66N2O6. The van der Waals surface area contributed by atoms with Gasteiger partial charge in [0.25, 0.3) is 0 Å². The summed E-state index contributed by atoms with van der Waals surface area (Å²) in [5, 5.41) is 22.8. The zero-order valence-corrected chi connectivity index (χ0v) is 34.2. The molecule has 308 valence electrons. The van der Waals surface area contributed by atoms with Crippen LogP contribution in [0.3, 0.4) is 0 Å². The molecule has 0 radical (unpaired) electrons. The van der Waals surface area contributed by atoms with Crippen molar-refractivity contribution in [3.8, 4) is 11.5 Å². The van der Waals surface area contributed by atoms with Crippen molar-refractivity contribution in [3.63, 3.8) is 0 Å². The summed E-state index contributed by atoms with van der Waals surface area (Å²) in [7, 11) is 0. The molecule has 57 heavy (non-hydrogen) atoms. The summed E-state index contributed by atoms with van der Waals surface area (Å²) in [6.07, 6.45) is 23.1. The molecule has 0 aromatic heterocycles. The number of hydrogen-bond acceptors (Lipinski definition) is 8. The van der Waals surface area contributed by atoms with Gasteiger partial charge >= 0.3 is 0 Å². The number of rotatable bonds is 21. The Morgan fingerprint density at radius 3 is 1.60 bits per heavy atom. The van der Waals surface area contributed by atoms with Gasteiger partial charge in [-0.05, 0) is 115 Å². The minimum atomic E-state index is -2.93. The van der Waals surface area contributed by atoms with Crippen molar-refractivity contribution in [2.24, 2.45) is 23.7 Å². The quantitative estimate of drug-likeness (QED) is 0.0475. The van der Waals surface area contributed by atoms with Gasteiger partial charge < -0.3 is 31.2 Å². The molecule has 0 amide bonds. The van der Waals surface area contributed by atoms with Crippen molar-refractivity contribution in [2.45, 2.75) is 122 Å². The van der Waals surface area contributed by atoms with E-state index in [1.165, 1.54) is 114 Å². The van der Waals surface area contributed by atoms with E-state index in [1.54, 1.807) is 12.1 Å². The van der Waals surface area contributed by atoms with Crippen LogP contribution in [0.2, 0.25) is 0 Å². The molecule has 2 aliphatic rings. The van der Waals surface area contributed by atoms with Gasteiger partial charge in [0.05, 0.1) is 19.1 Å². The summed E-state index contributed by atoms with van der Waals surface area (Å²) in [5.41, 5.74) is 14.4. The fourth-order valence-corrected chi connectivity index (χ4v) is 8.44. The Labute approximate surface area is 340 Å². The minimum absolute atomic E-state index is 0.154. The van der Waals surface area contributed by atoms with Crippen molar-refractivity contribution in [1.82, 2.24) is 0 Å². The van der Waals surface area contributed by atoms with E-state index >= 15 is 0 Å². The number of ether oxygens (including phenoxy) is 2. The van der Waals surface area contributed by atoms with Crippen LogP contribution in [0.1, 0.15) is 133 Å². The highest BCUT2D eigenvalue weighted by atomic mass is 16.5. The first-order valence-corrected chi connectivity index (χ1v) is 21.5. The van der Waals surface area contributed by atoms with Gasteiger partial charge in [-0.3, -0.25) is 9.59 Å². The maximum atomic E-state index is 13.4. The average Bonchev–Trinajstić information content (AvgIpc) is 3.22. The third-order valence-electron chi connectivity index (χ3n) is 12.2. The van der Waals surface area contributed by atoms with Crippen molar-refractivity contribution in [1.29, 1.82) is 0 Å². The number of carbonyl (C=O) groups excluding carboxylic acids is 2. The Bertz CT molecular complexity index is 1750. The number of aliphatic hydroxyl groups is 2. The smallest absolute Gasteiger partial charge is 0.235 e. The molecule has 2 aliphatic carbocycles. The SMILES string of the molecule is CCCCC1CCC(COc2ccc(C=CC(=O)CC(c3ccc(N)cc3N)C(O)(O)C(=O)C=Cc3ccc(OCC4CCC(CCCC)CC4)cc3)cc2)CC1. The van der Waals surface area contributed by atoms with Crippen LogP contribution in [-0.4, -0.2) is 40.8 Å². The van der Waals surface area contributed by atoms with E-state index in [0.29, 0.717) is 36.3 Å². The molecule has 8 nitrogen and oxygen atoms in total. The molecule has 0 spiro atoms. The molecule has 1 unspecified atom stereocenters. The average molecular weight is 779 g/mol. The van der Waals surface area contributed by atoms with Crippen molar-refractivity contribution < 1.29 is 29.3 Å². The summed E-state index contributed by atoms with van der Waals surface area (Å²) >= 11 is 0. The minimum Gasteiger partial charge on any atom is -0.493 e. The Balaban J connectivity index is 1.15. The Morgan fingerprint density at radius 1 is 0.684 bits per heavy atom. The number of benzene rings is 3. The number of anilines is 2. The predicted octanol–water partition coefficient (Wildman–Crippen LogP) is 10.3. The lowest BCUT2D eigenvalue weighted by molar-refractivity contribution is -0.187. The molecule has 2 fully saturated rings. The van der Waals surface area contributed by atoms with Crippen molar-refractivity contribution >= 4 is 35.1 Å². The third-order valence-corrected chi connectivity index (χ3v) is 12.2. The largest absolute Gasteiger partial charge is 0.493 e. The first-order chi connectivity index (χ1) is 27.5. The Morgan fingerprint density at radius 2 is 1.14 bits per heavy atom. The number of nitrogens with two attached hydrogens (primary N) is 2. The molecule has 3 aromatic rings. The van der Waals surface area contributed by atoms with Gasteiger partial charge in [-0.1, -0.05) is 121 Å². The van der Waals surface area contributed by atoms with Crippen molar-refractivity contribution in [2.75, 3.05) is 24.7 Å². The van der Waals surface area contributed by atoms with Crippen LogP contribution in [0.25, 0.3) is 12.2 Å². The van der Waals surface area contributed by atoms with E-state index in [1.807, 2.05) is 48.5 Å². The van der Waals surface area contributed by atoms with E-state index in [2.05, 4.69) is 13.8 Å². The molecule has 0 saturated heterocycles. The Kier molecular flexibility index (Phi) is 16.8. The van der Waals surface area contributed by atoms with Crippen LogP contribution >= 0.6 is 0 Å². The zero-order chi connectivity index (χ0) is 40.6. The van der Waals surface area contributed by atoms with Gasteiger partial charge in [0.15, 0.2) is 5.78 Å². The van der Waals surface area contributed by atoms with Crippen LogP contribution < -0.4 is 20.9 Å². The maximum Gasteiger partial charge on any atom is 0.235 e. The number of hydrogen-bond donors (Lipinski definition) is 4. The highest BCUT2D eigenvalue weighted by molar-refractivity contribution is 6.01. The monoisotopic (exact) mass is 778 g/mol. The van der Waals surface area contributed by atoms with Crippen LogP contribution in [0.15, 0.2) is 78.9 Å². The van der Waals surface area contributed by atoms with E-state index in [0.717, 1.165) is 35.0 Å². The second kappa shape index (κ2) is 21.9. The summed E-state index contributed by atoms with van der Waals surface area (Å²) in [6, 6.07) is 19.5. The normalized spacial score (nSPS) is 20.8. The third kappa shape index (κ3) is 13.6. The summed E-state index contributed by atoms with van der Waals surface area (Å²) < 4.78 is 12.2. The first-order valence-electron chi connectivity index (χ1n) is 21.5. The zero-order valence-electron chi connectivity index (χ0n) is 34.2. The molecule has 3 aromatic carbocycles. The van der Waals surface area contributed by atoms with Gasteiger partial charge in [-0.25, -0.2) is 0 Å². The van der Waals surface area contributed by atoms with Gasteiger partial charge in [0.1, 0.15) is 11.5 Å². The lowest BCUT2D eigenvalue weighted by atomic mass is 9.80. The molecule has 0 aliphatic heterocycles. The second-order valence-corrected chi connectivity index (χ2v) is 16.7. The van der Waals surface area contributed by atoms with Gasteiger partial charge in [0.2, 0.25) is 11.6 Å². The van der Waals surface area contributed by atoms with Crippen LogP contribution in [0.4, 0.5) is 11.4 Å². The topological polar surface area (TPSA) is 145 Å². The molecule has 6 N–H and O–H groups in total. The molecule has 0 heterocycles. The first kappa shape index (κ1) is 43.7. The van der Waals surface area contributed by atoms with Gasteiger partial charge in [-0.15, -0.1) is 0 Å². The van der Waals surface area contributed by atoms with E-state index in [9.17, 15) is 19.8 Å². The number of carbonyl (C=O) groups is 2. The standard InChI is InChI=1S/C49H66N2O6/c1-3-5-7-35-9-13-39(14-10-35)33-56-43-25-18-37(19-26-43)17-24-42(52)32-46(45-29-23-41(50)31-47(45)51)49(54,55)48(53)30-22-38-20-27-44(28-21-38)57-34-40-15-11-36(12-16-40)8-6-4-2/h17-31,35-36,39-40,46,54-55H,3-16,32-34,50-51H2,1-2H3. The lowest BCUT2D eigenvalue weighted by Crippen LogP contribution is -2.44. The van der Waals surface area contributed by atoms with E-state index in [4.69, 9.17) is 20.9 Å². The number of ketones is 2. The summed E-state index contributed by atoms with van der Waals surface area (Å²) in [5.74, 6) is -1.25. The van der Waals surface area contributed by atoms with Crippen LogP contribution in [0.5, 0.6) is 11.5 Å². The number of allylic oxidation sites excluding steroid dienone is 1. The van der Waals surface area contributed by atoms with Crippen LogP contribution in [-0.2, 0) is 9.59 Å². The van der Waals surface area contributed by atoms with Gasteiger partial charge in [0, 0.05) is 17.8 Å². The maximum absolute atomic E-state index is 13.4. The predicted molar refractivity (Wildman–Crippen MR) is 232 cm³/mol. The second-order valence-electron chi connectivity index (χ2n) is 16.7. The highest BCUT2D eigenvalue weighted by Crippen LogP contribution is 2.37. The molecule has 2 saturated carbocycles. The molecule has 1 atom stereocenters. The summed E-state index contributed by atoms with van der Waals surface area (Å²) in [6.45, 7) is 5.91. The van der Waals surface area contributed by atoms with E-state index < -0.39 is 23.3 Å². The number of nitrogen functional groups attached to an aromatic ring is 2. The molecule has 8 heteroatoms. The summed E-state index contributed by atoms with van der Waals surface area (Å²) in [4.78, 5) is 26.8. The molecule has 5 rings (SSSR count). The fraction of sp³-hybridized carbons (Fsp3) is 0.510. The molecule has 0 bridgehead atoms. The Hall–Kier alpha value is -4.40. The van der Waals surface area contributed by atoms with Crippen LogP contribution in [0, 0.1) is 23.7 Å². The number of unbranched alkanes of at least 4 members (excludes halogenated alkanes) is 2. The highest BCUT2D eigenvalue weighted by Gasteiger charge is 2.43. The van der Waals surface area contributed by atoms with Crippen molar-refractivity contribution in [3.05, 3.63) is 95.6 Å².